The van der Waals surface area contributed by atoms with Crippen LogP contribution in [-0.2, 0) is 0 Å². The van der Waals surface area contributed by atoms with Crippen LogP contribution in [0.25, 0.3) is 0 Å². The van der Waals surface area contributed by atoms with Crippen molar-refractivity contribution in [2.75, 3.05) is 0 Å². The van der Waals surface area contributed by atoms with Gasteiger partial charge in [-0.2, -0.15) is 0 Å². The van der Waals surface area contributed by atoms with Gasteiger partial charge in [-0.15, -0.1) is 0 Å². The number of hydrogen-bond donors (Lipinski definition) is 0. The van der Waals surface area contributed by atoms with Gasteiger partial charge in [0.15, 0.2) is 0 Å². The first kappa shape index (κ1) is 9.02. The molecule has 1 rings (SSSR count). The highest BCUT2D eigenvalue weighted by molar-refractivity contribution is 9.10. The summed E-state index contributed by atoms with van der Waals surface area (Å²) >= 11 is 3.42. The molecule has 0 spiro atoms. The maximum atomic E-state index is 5.10. The zero-order valence-electron chi connectivity index (χ0n) is 6.52. The molecule has 0 aliphatic heterocycles. The largest absolute Gasteiger partial charge is 0.479 e. The molecule has 0 aliphatic rings. The summed E-state index contributed by atoms with van der Waals surface area (Å²) in [5.41, 5.74) is 2.38. The lowest BCUT2D eigenvalue weighted by Crippen LogP contribution is -1.84. The van der Waals surface area contributed by atoms with Gasteiger partial charge in [0.25, 0.3) is 0 Å². The van der Waals surface area contributed by atoms with Crippen molar-refractivity contribution in [2.45, 2.75) is 13.8 Å². The fourth-order valence-corrected chi connectivity index (χ4v) is 2.30. The second kappa shape index (κ2) is 3.55. The van der Waals surface area contributed by atoms with Gasteiger partial charge in [-0.1, -0.05) is 6.07 Å². The fourth-order valence-electron chi connectivity index (χ4n) is 1.05. The number of rotatable bonds is 1. The molecule has 0 amide bonds. The minimum Gasteiger partial charge on any atom is -0.479 e. The second-order valence-electron chi connectivity index (χ2n) is 2.51. The molecule has 0 heterocycles. The first-order chi connectivity index (χ1) is 5.15. The number of aryl methyl sites for hydroxylation is 2. The minimum absolute atomic E-state index is 0.889. The van der Waals surface area contributed by atoms with Crippen LogP contribution in [0.5, 0.6) is 5.75 Å². The van der Waals surface area contributed by atoms with E-state index >= 15 is 0 Å². The van der Waals surface area contributed by atoms with Crippen LogP contribution < -0.4 is 4.52 Å². The van der Waals surface area contributed by atoms with Gasteiger partial charge in [-0.25, -0.2) is 0 Å². The summed E-state index contributed by atoms with van der Waals surface area (Å²) in [6.07, 6.45) is 0. The fraction of sp³-hybridized carbons (Fsp3) is 0.250. The van der Waals surface area contributed by atoms with E-state index in [0.717, 1.165) is 15.8 Å². The van der Waals surface area contributed by atoms with Gasteiger partial charge in [-0.3, -0.25) is 0 Å². The van der Waals surface area contributed by atoms with Crippen LogP contribution in [0.2, 0.25) is 0 Å². The zero-order chi connectivity index (χ0) is 8.43. The summed E-state index contributed by atoms with van der Waals surface area (Å²) in [4.78, 5) is 0. The summed E-state index contributed by atoms with van der Waals surface area (Å²) < 4.78 is 6.11. The maximum absolute atomic E-state index is 5.10. The third-order valence-corrected chi connectivity index (χ3v) is 2.32. The van der Waals surface area contributed by atoms with Gasteiger partial charge in [0, 0.05) is 0 Å². The molecule has 0 bridgehead atoms. The van der Waals surface area contributed by atoms with Gasteiger partial charge in [0.2, 0.25) is 0 Å². The minimum atomic E-state index is 0.889. The van der Waals surface area contributed by atoms with Gasteiger partial charge in [0.05, 0.1) is 13.9 Å². The van der Waals surface area contributed by atoms with E-state index in [1.165, 1.54) is 5.56 Å². The summed E-state index contributed by atoms with van der Waals surface area (Å²) in [6.45, 7) is 4.08. The molecule has 60 valence electrons. The van der Waals surface area contributed by atoms with Crippen LogP contribution in [0.4, 0.5) is 0 Å². The highest BCUT2D eigenvalue weighted by atomic mass is 79.9. The van der Waals surface area contributed by atoms with E-state index < -0.39 is 0 Å². The SMILES string of the molecule is Cc1cc(C)c(OP)c(Br)c1. The molecule has 0 aromatic heterocycles. The van der Waals surface area contributed by atoms with Crippen LogP contribution in [0.1, 0.15) is 11.1 Å². The first-order valence-corrected chi connectivity index (χ1v) is 4.55. The first-order valence-electron chi connectivity index (χ1n) is 3.28. The molecule has 0 N–H and O–H groups in total. The molecule has 1 aromatic rings. The van der Waals surface area contributed by atoms with E-state index in [1.54, 1.807) is 0 Å². The van der Waals surface area contributed by atoms with Gasteiger partial charge < -0.3 is 4.52 Å². The highest BCUT2D eigenvalue weighted by Crippen LogP contribution is 2.31. The topological polar surface area (TPSA) is 9.23 Å². The van der Waals surface area contributed by atoms with Gasteiger partial charge >= 0.3 is 0 Å². The Kier molecular flexibility index (Phi) is 2.91. The molecule has 0 saturated heterocycles. The Morgan fingerprint density at radius 1 is 1.36 bits per heavy atom. The molecule has 1 aromatic carbocycles. The number of halogens is 1. The predicted molar refractivity (Wildman–Crippen MR) is 54.0 cm³/mol. The van der Waals surface area contributed by atoms with E-state index in [4.69, 9.17) is 4.52 Å². The third kappa shape index (κ3) is 1.94. The second-order valence-corrected chi connectivity index (χ2v) is 3.60. The monoisotopic (exact) mass is 232 g/mol. The van der Waals surface area contributed by atoms with Crippen molar-refractivity contribution < 1.29 is 4.52 Å². The normalized spacial score (nSPS) is 9.82. The van der Waals surface area contributed by atoms with E-state index in [-0.39, 0.29) is 0 Å². The Morgan fingerprint density at radius 2 is 2.00 bits per heavy atom. The Hall–Kier alpha value is -0.0700. The summed E-state index contributed by atoms with van der Waals surface area (Å²) in [5.74, 6) is 0.889. The number of hydrogen-bond acceptors (Lipinski definition) is 1. The lowest BCUT2D eigenvalue weighted by Gasteiger charge is -2.07. The van der Waals surface area contributed by atoms with Crippen LogP contribution >= 0.6 is 25.4 Å². The Balaban J connectivity index is 3.25. The Bertz CT molecular complexity index is 250. The van der Waals surface area contributed by atoms with Crippen molar-refractivity contribution in [2.24, 2.45) is 0 Å². The van der Waals surface area contributed by atoms with Crippen molar-refractivity contribution in [3.05, 3.63) is 27.7 Å². The van der Waals surface area contributed by atoms with Crippen LogP contribution in [0.15, 0.2) is 16.6 Å². The lowest BCUT2D eigenvalue weighted by atomic mass is 10.1. The lowest BCUT2D eigenvalue weighted by molar-refractivity contribution is 0.635. The van der Waals surface area contributed by atoms with Crippen molar-refractivity contribution in [3.8, 4) is 5.75 Å². The van der Waals surface area contributed by atoms with E-state index in [1.807, 2.05) is 13.0 Å². The van der Waals surface area contributed by atoms with Crippen LogP contribution in [-0.4, -0.2) is 0 Å². The quantitative estimate of drug-likeness (QED) is 0.676. The standard InChI is InChI=1S/C8H10BrOP/c1-5-3-6(2)8(10-11)7(9)4-5/h3-4H,11H2,1-2H3. The maximum Gasteiger partial charge on any atom is 0.139 e. The predicted octanol–water partition coefficient (Wildman–Crippen LogP) is 3.23. The molecular formula is C8H10BrOP. The van der Waals surface area contributed by atoms with Crippen LogP contribution in [0.3, 0.4) is 0 Å². The van der Waals surface area contributed by atoms with E-state index in [2.05, 4.69) is 38.4 Å². The van der Waals surface area contributed by atoms with Crippen molar-refractivity contribution in [1.29, 1.82) is 0 Å². The van der Waals surface area contributed by atoms with Crippen LogP contribution in [0, 0.1) is 13.8 Å². The molecule has 1 unspecified atom stereocenters. The molecule has 3 heteroatoms. The summed E-state index contributed by atoms with van der Waals surface area (Å²) in [6, 6.07) is 4.12. The molecule has 0 aliphatic carbocycles. The Morgan fingerprint density at radius 3 is 2.45 bits per heavy atom. The molecule has 1 nitrogen and oxygen atoms in total. The summed E-state index contributed by atoms with van der Waals surface area (Å²) in [7, 11) is 2.25. The Labute approximate surface area is 77.6 Å². The molecule has 0 fully saturated rings. The number of benzene rings is 1. The average molecular weight is 233 g/mol. The summed E-state index contributed by atoms with van der Waals surface area (Å²) in [5, 5.41) is 0. The molecule has 0 radical (unpaired) electrons. The zero-order valence-corrected chi connectivity index (χ0v) is 9.26. The van der Waals surface area contributed by atoms with Crippen molar-refractivity contribution in [1.82, 2.24) is 0 Å². The smallest absolute Gasteiger partial charge is 0.139 e. The van der Waals surface area contributed by atoms with Gasteiger partial charge in [0.1, 0.15) is 5.75 Å². The highest BCUT2D eigenvalue weighted by Gasteiger charge is 2.03. The van der Waals surface area contributed by atoms with E-state index in [9.17, 15) is 0 Å². The van der Waals surface area contributed by atoms with E-state index in [0.29, 0.717) is 0 Å². The van der Waals surface area contributed by atoms with Crippen molar-refractivity contribution in [3.63, 3.8) is 0 Å². The van der Waals surface area contributed by atoms with Crippen molar-refractivity contribution >= 4 is 25.4 Å². The molecule has 11 heavy (non-hydrogen) atoms. The third-order valence-electron chi connectivity index (χ3n) is 1.49. The van der Waals surface area contributed by atoms with Gasteiger partial charge in [-0.05, 0) is 47.0 Å². The molecule has 0 saturated carbocycles. The molecular weight excluding hydrogens is 223 g/mol. The average Bonchev–Trinajstić information content (AvgIpc) is 1.85. The molecule has 1 atom stereocenters.